The third-order valence-corrected chi connectivity index (χ3v) is 2.00. The number of Topliss-reactive ketones (excluding diaryl/α,β-unsaturated/α-hetero) is 1. The second kappa shape index (κ2) is 9.54. The van der Waals surface area contributed by atoms with E-state index in [1.807, 2.05) is 37.3 Å². The number of carbonyl (C=O) groups excluding carboxylic acids is 2. The van der Waals surface area contributed by atoms with Gasteiger partial charge in [0.25, 0.3) is 5.91 Å². The van der Waals surface area contributed by atoms with Crippen molar-refractivity contribution in [1.82, 2.24) is 0 Å². The molecule has 4 nitrogen and oxygen atoms in total. The van der Waals surface area contributed by atoms with Crippen LogP contribution in [0.5, 0.6) is 0 Å². The van der Waals surface area contributed by atoms with Gasteiger partial charge in [-0.3, -0.25) is 9.59 Å². The van der Waals surface area contributed by atoms with E-state index in [1.165, 1.54) is 5.56 Å². The third kappa shape index (κ3) is 8.16. The molecule has 0 aliphatic carbocycles. The van der Waals surface area contributed by atoms with Crippen LogP contribution in [-0.4, -0.2) is 23.4 Å². The van der Waals surface area contributed by atoms with Crippen LogP contribution < -0.4 is 5.73 Å². The fraction of sp³-hybridized carbons (Fsp3) is 0.385. The van der Waals surface area contributed by atoms with Crippen LogP contribution in [0.4, 0.5) is 0 Å². The number of primary amides is 1. The summed E-state index contributed by atoms with van der Waals surface area (Å²) in [6.07, 6.45) is 1.72. The van der Waals surface area contributed by atoms with Crippen molar-refractivity contribution in [2.24, 2.45) is 5.73 Å². The van der Waals surface area contributed by atoms with Crippen LogP contribution in [0, 0.1) is 0 Å². The Bertz CT molecular complexity index is 336. The zero-order valence-corrected chi connectivity index (χ0v) is 10.1. The summed E-state index contributed by atoms with van der Waals surface area (Å²) in [6.45, 7) is 2.06. The molecule has 0 saturated carbocycles. The van der Waals surface area contributed by atoms with Gasteiger partial charge in [-0.15, -0.1) is 0 Å². The Balaban J connectivity index is 0.000000304. The smallest absolute Gasteiger partial charge is 0.284 e. The van der Waals surface area contributed by atoms with E-state index >= 15 is 0 Å². The minimum atomic E-state index is -0.827. The first-order chi connectivity index (χ1) is 8.11. The normalized spacial score (nSPS) is 9.06. The topological polar surface area (TPSA) is 80.4 Å². The lowest BCUT2D eigenvalue weighted by atomic mass is 10.2. The largest absolute Gasteiger partial charge is 0.396 e. The van der Waals surface area contributed by atoms with Crippen LogP contribution in [0.25, 0.3) is 0 Å². The van der Waals surface area contributed by atoms with Gasteiger partial charge in [0.15, 0.2) is 0 Å². The molecule has 0 aliphatic rings. The lowest BCUT2D eigenvalue weighted by molar-refractivity contribution is -0.136. The molecule has 4 heteroatoms. The summed E-state index contributed by atoms with van der Waals surface area (Å²) in [6, 6.07) is 9.95. The number of aliphatic hydroxyl groups is 1. The maximum absolute atomic E-state index is 10.3. The molecule has 3 N–H and O–H groups in total. The van der Waals surface area contributed by atoms with Gasteiger partial charge >= 0.3 is 0 Å². The first-order valence-corrected chi connectivity index (χ1v) is 5.59. The minimum Gasteiger partial charge on any atom is -0.396 e. The number of amides is 1. The average molecular weight is 237 g/mol. The molecule has 1 rings (SSSR count). The van der Waals surface area contributed by atoms with Crippen LogP contribution in [0.15, 0.2) is 30.3 Å². The highest BCUT2D eigenvalue weighted by molar-refractivity contribution is 6.35. The summed E-state index contributed by atoms with van der Waals surface area (Å²) < 4.78 is 0. The molecule has 94 valence electrons. The average Bonchev–Trinajstić information content (AvgIpc) is 2.32. The molecule has 0 aliphatic heterocycles. The van der Waals surface area contributed by atoms with Crippen molar-refractivity contribution >= 4 is 11.7 Å². The van der Waals surface area contributed by atoms with Crippen LogP contribution in [0.1, 0.15) is 25.3 Å². The van der Waals surface area contributed by atoms with Gasteiger partial charge in [-0.05, 0) is 18.4 Å². The van der Waals surface area contributed by atoms with Crippen LogP contribution in [0.3, 0.4) is 0 Å². The summed E-state index contributed by atoms with van der Waals surface area (Å²) in [7, 11) is 0. The SMILES string of the molecule is CCCC(=O)C(N)=O.OCCc1ccccc1. The van der Waals surface area contributed by atoms with Crippen molar-refractivity contribution in [3.05, 3.63) is 35.9 Å². The molecule has 0 fully saturated rings. The fourth-order valence-electron chi connectivity index (χ4n) is 1.12. The molecular weight excluding hydrogens is 218 g/mol. The number of hydrogen-bond acceptors (Lipinski definition) is 3. The predicted molar refractivity (Wildman–Crippen MR) is 66.3 cm³/mol. The summed E-state index contributed by atoms with van der Waals surface area (Å²) in [5.74, 6) is -1.31. The van der Waals surface area contributed by atoms with Gasteiger partial charge in [0.05, 0.1) is 0 Å². The molecule has 1 amide bonds. The van der Waals surface area contributed by atoms with E-state index in [4.69, 9.17) is 5.11 Å². The summed E-state index contributed by atoms with van der Waals surface area (Å²) in [5.41, 5.74) is 5.83. The lowest BCUT2D eigenvalue weighted by Crippen LogP contribution is -2.22. The molecule has 1 aromatic rings. The van der Waals surface area contributed by atoms with Crippen molar-refractivity contribution in [2.45, 2.75) is 26.2 Å². The molecule has 1 aromatic carbocycles. The molecule has 17 heavy (non-hydrogen) atoms. The molecule has 0 radical (unpaired) electrons. The summed E-state index contributed by atoms with van der Waals surface area (Å²) in [4.78, 5) is 20.2. The van der Waals surface area contributed by atoms with E-state index in [0.717, 1.165) is 6.42 Å². The van der Waals surface area contributed by atoms with Gasteiger partial charge in [-0.2, -0.15) is 0 Å². The Labute approximate surface area is 101 Å². The second-order valence-corrected chi connectivity index (χ2v) is 3.50. The summed E-state index contributed by atoms with van der Waals surface area (Å²) in [5, 5.41) is 8.52. The minimum absolute atomic E-state index is 0.240. The summed E-state index contributed by atoms with van der Waals surface area (Å²) >= 11 is 0. The Morgan fingerprint density at radius 3 is 2.18 bits per heavy atom. The number of hydrogen-bond donors (Lipinski definition) is 2. The van der Waals surface area contributed by atoms with Crippen molar-refractivity contribution < 1.29 is 14.7 Å². The fourth-order valence-corrected chi connectivity index (χ4v) is 1.12. The van der Waals surface area contributed by atoms with E-state index in [9.17, 15) is 9.59 Å². The Morgan fingerprint density at radius 2 is 1.82 bits per heavy atom. The van der Waals surface area contributed by atoms with Gasteiger partial charge < -0.3 is 10.8 Å². The molecule has 0 aromatic heterocycles. The molecule has 0 heterocycles. The molecular formula is C13H19NO3. The maximum Gasteiger partial charge on any atom is 0.284 e. The number of nitrogens with two attached hydrogens (primary N) is 1. The molecule has 0 unspecified atom stereocenters. The maximum atomic E-state index is 10.3. The number of ketones is 1. The number of benzene rings is 1. The molecule has 0 saturated heterocycles. The highest BCUT2D eigenvalue weighted by Crippen LogP contribution is 1.97. The molecule has 0 bridgehead atoms. The van der Waals surface area contributed by atoms with E-state index < -0.39 is 11.7 Å². The standard InChI is InChI=1S/C8H10O.C5H9NO2/c9-7-6-8-4-2-1-3-5-8;1-2-3-4(7)5(6)8/h1-5,9H,6-7H2;2-3H2,1H3,(H2,6,8). The zero-order chi connectivity index (χ0) is 13.1. The van der Waals surface area contributed by atoms with Crippen LogP contribution in [0.2, 0.25) is 0 Å². The lowest BCUT2D eigenvalue weighted by Gasteiger charge is -1.93. The first kappa shape index (κ1) is 15.3. The van der Waals surface area contributed by atoms with Crippen molar-refractivity contribution in [3.63, 3.8) is 0 Å². The van der Waals surface area contributed by atoms with Crippen LogP contribution in [-0.2, 0) is 16.0 Å². The highest BCUT2D eigenvalue weighted by atomic mass is 16.3. The number of rotatable bonds is 5. The Morgan fingerprint density at radius 1 is 1.24 bits per heavy atom. The number of carbonyl (C=O) groups is 2. The van der Waals surface area contributed by atoms with Crippen molar-refractivity contribution in [2.75, 3.05) is 6.61 Å². The van der Waals surface area contributed by atoms with E-state index in [0.29, 0.717) is 6.42 Å². The van der Waals surface area contributed by atoms with E-state index in [1.54, 1.807) is 0 Å². The zero-order valence-electron chi connectivity index (χ0n) is 10.1. The van der Waals surface area contributed by atoms with Gasteiger partial charge in [-0.1, -0.05) is 37.3 Å². The number of aliphatic hydroxyl groups excluding tert-OH is 1. The van der Waals surface area contributed by atoms with Gasteiger partial charge in [0, 0.05) is 13.0 Å². The van der Waals surface area contributed by atoms with Crippen LogP contribution >= 0.6 is 0 Å². The van der Waals surface area contributed by atoms with E-state index in [2.05, 4.69) is 5.73 Å². The Hall–Kier alpha value is -1.68. The monoisotopic (exact) mass is 237 g/mol. The quantitative estimate of drug-likeness (QED) is 0.751. The second-order valence-electron chi connectivity index (χ2n) is 3.50. The van der Waals surface area contributed by atoms with Gasteiger partial charge in [-0.25, -0.2) is 0 Å². The van der Waals surface area contributed by atoms with Crippen molar-refractivity contribution in [1.29, 1.82) is 0 Å². The molecule has 0 spiro atoms. The third-order valence-electron chi connectivity index (χ3n) is 2.00. The predicted octanol–water partition coefficient (Wildman–Crippen LogP) is 1.06. The highest BCUT2D eigenvalue weighted by Gasteiger charge is 2.04. The van der Waals surface area contributed by atoms with Gasteiger partial charge in [0.2, 0.25) is 5.78 Å². The molecule has 0 atom stereocenters. The van der Waals surface area contributed by atoms with E-state index in [-0.39, 0.29) is 13.0 Å². The van der Waals surface area contributed by atoms with Crippen molar-refractivity contribution in [3.8, 4) is 0 Å². The Kier molecular flexibility index (Phi) is 8.60. The first-order valence-electron chi connectivity index (χ1n) is 5.59. The van der Waals surface area contributed by atoms with Gasteiger partial charge in [0.1, 0.15) is 0 Å².